The SMILES string of the molecule is CC1(C)CC[C@]2(C(=O)NCCN3CCCC3)CC[C@]3(C)C(=C2C1)CC[C@@H]1[C@@]2(C)CC[C@H](C4CC4)C(C)(C)[C@@H]2CC[C@]13C. The number of rotatable bonds is 5. The highest BCUT2D eigenvalue weighted by molar-refractivity contribution is 5.87. The van der Waals surface area contributed by atoms with E-state index in [9.17, 15) is 4.79 Å². The maximum absolute atomic E-state index is 14.3. The lowest BCUT2D eigenvalue weighted by molar-refractivity contribution is -0.195. The predicted octanol–water partition coefficient (Wildman–Crippen LogP) is 9.17. The van der Waals surface area contributed by atoms with Gasteiger partial charge in [-0.1, -0.05) is 59.6 Å². The maximum Gasteiger partial charge on any atom is 0.230 e. The highest BCUT2D eigenvalue weighted by Gasteiger charge is 2.68. The van der Waals surface area contributed by atoms with Gasteiger partial charge in [-0.3, -0.25) is 4.79 Å². The normalized spacial score (nSPS) is 46.3. The Kier molecular flexibility index (Phi) is 6.99. The Morgan fingerprint density at radius 3 is 2.21 bits per heavy atom. The van der Waals surface area contributed by atoms with Gasteiger partial charge in [0, 0.05) is 13.1 Å². The molecule has 3 heteroatoms. The van der Waals surface area contributed by atoms with Crippen molar-refractivity contribution in [2.45, 2.75) is 145 Å². The first-order chi connectivity index (χ1) is 19.8. The Hall–Kier alpha value is -0.830. The van der Waals surface area contributed by atoms with Gasteiger partial charge in [-0.25, -0.2) is 0 Å². The molecule has 0 spiro atoms. The Bertz CT molecular complexity index is 1130. The first kappa shape index (κ1) is 29.9. The Morgan fingerprint density at radius 1 is 0.786 bits per heavy atom. The molecule has 7 aliphatic rings. The maximum atomic E-state index is 14.3. The fraction of sp³-hybridized carbons (Fsp3) is 0.923. The van der Waals surface area contributed by atoms with Crippen LogP contribution >= 0.6 is 0 Å². The van der Waals surface area contributed by atoms with Crippen LogP contribution in [0, 0.1) is 56.2 Å². The highest BCUT2D eigenvalue weighted by atomic mass is 16.2. The van der Waals surface area contributed by atoms with Crippen LogP contribution in [0.15, 0.2) is 11.1 Å². The molecule has 1 amide bonds. The van der Waals surface area contributed by atoms with E-state index in [4.69, 9.17) is 0 Å². The number of carbonyl (C=O) groups excluding carboxylic acids is 1. The van der Waals surface area contributed by atoms with Crippen molar-refractivity contribution < 1.29 is 4.79 Å². The number of hydrogen-bond donors (Lipinski definition) is 1. The van der Waals surface area contributed by atoms with Crippen molar-refractivity contribution in [3.05, 3.63) is 11.1 Å². The molecule has 42 heavy (non-hydrogen) atoms. The summed E-state index contributed by atoms with van der Waals surface area (Å²) in [6.45, 7) is 22.8. The number of nitrogens with one attached hydrogen (secondary N) is 1. The molecule has 1 N–H and O–H groups in total. The lowest BCUT2D eigenvalue weighted by Gasteiger charge is -2.71. The molecular weight excluding hydrogens is 512 g/mol. The summed E-state index contributed by atoms with van der Waals surface area (Å²) in [5.74, 6) is 4.06. The van der Waals surface area contributed by atoms with Gasteiger partial charge < -0.3 is 10.2 Å². The lowest BCUT2D eigenvalue weighted by atomic mass is 9.33. The zero-order chi connectivity index (χ0) is 29.8. The fourth-order valence-electron chi connectivity index (χ4n) is 13.5. The second-order valence-corrected chi connectivity index (χ2v) is 18.9. The van der Waals surface area contributed by atoms with Gasteiger partial charge in [-0.15, -0.1) is 0 Å². The third-order valence-electron chi connectivity index (χ3n) is 16.2. The average molecular weight is 577 g/mol. The molecule has 1 saturated heterocycles. The average Bonchev–Trinajstić information content (AvgIpc) is 3.62. The molecule has 0 bridgehead atoms. The van der Waals surface area contributed by atoms with Crippen molar-refractivity contribution in [3.63, 3.8) is 0 Å². The van der Waals surface area contributed by atoms with Crippen molar-refractivity contribution in [2.24, 2.45) is 56.2 Å². The zero-order valence-electron chi connectivity index (χ0n) is 28.6. The summed E-state index contributed by atoms with van der Waals surface area (Å²) >= 11 is 0. The van der Waals surface area contributed by atoms with E-state index in [1.54, 1.807) is 11.1 Å². The standard InChI is InChI=1S/C39H64N2O/c1-34(2)18-20-39(33(42)40-22-25-41-23-8-9-24-41)21-19-37(6)29(30(39)26-34)12-13-32-36(5)16-14-28(27-10-11-27)35(3,4)31(36)15-17-38(32,37)7/h27-28,31-32H,8-26H2,1-7H3,(H,40,42)/t28-,31+,32-,36+,37-,38-,39+/m1/s1. The largest absolute Gasteiger partial charge is 0.354 e. The first-order valence-electron chi connectivity index (χ1n) is 18.5. The van der Waals surface area contributed by atoms with Crippen molar-refractivity contribution in [3.8, 4) is 0 Å². The van der Waals surface area contributed by atoms with Crippen molar-refractivity contribution in [1.82, 2.24) is 10.2 Å². The van der Waals surface area contributed by atoms with Crippen LogP contribution in [0.3, 0.4) is 0 Å². The Balaban J connectivity index is 1.21. The van der Waals surface area contributed by atoms with E-state index < -0.39 is 0 Å². The van der Waals surface area contributed by atoms with E-state index in [0.29, 0.717) is 27.6 Å². The monoisotopic (exact) mass is 577 g/mol. The van der Waals surface area contributed by atoms with E-state index in [1.807, 2.05) is 0 Å². The molecule has 236 valence electrons. The Labute approximate surface area is 258 Å². The van der Waals surface area contributed by atoms with Crippen LogP contribution < -0.4 is 5.32 Å². The lowest BCUT2D eigenvalue weighted by Crippen LogP contribution is -2.64. The van der Waals surface area contributed by atoms with Crippen molar-refractivity contribution in [2.75, 3.05) is 26.2 Å². The Morgan fingerprint density at radius 2 is 1.50 bits per heavy atom. The molecule has 0 radical (unpaired) electrons. The predicted molar refractivity (Wildman–Crippen MR) is 174 cm³/mol. The van der Waals surface area contributed by atoms with E-state index >= 15 is 0 Å². The van der Waals surface area contributed by atoms with Gasteiger partial charge in [0.25, 0.3) is 0 Å². The van der Waals surface area contributed by atoms with Crippen LogP contribution in [0.1, 0.15) is 145 Å². The smallest absolute Gasteiger partial charge is 0.230 e. The molecule has 6 aliphatic carbocycles. The third kappa shape index (κ3) is 4.23. The van der Waals surface area contributed by atoms with E-state index in [0.717, 1.165) is 56.0 Å². The molecule has 0 aromatic rings. The molecule has 7 atom stereocenters. The van der Waals surface area contributed by atoms with Gasteiger partial charge in [0.1, 0.15) is 0 Å². The van der Waals surface area contributed by atoms with Crippen molar-refractivity contribution in [1.29, 1.82) is 0 Å². The summed E-state index contributed by atoms with van der Waals surface area (Å²) < 4.78 is 0. The van der Waals surface area contributed by atoms with Crippen molar-refractivity contribution >= 4 is 5.91 Å². The van der Waals surface area contributed by atoms with Crippen LogP contribution in [-0.4, -0.2) is 37.0 Å². The third-order valence-corrected chi connectivity index (χ3v) is 16.2. The van der Waals surface area contributed by atoms with Crippen LogP contribution in [0.4, 0.5) is 0 Å². The quantitative estimate of drug-likeness (QED) is 0.331. The molecule has 6 fully saturated rings. The minimum absolute atomic E-state index is 0.240. The molecule has 5 saturated carbocycles. The number of nitrogens with zero attached hydrogens (tertiary/aromatic N) is 1. The minimum atomic E-state index is -0.246. The van der Waals surface area contributed by atoms with E-state index in [1.165, 1.54) is 90.1 Å². The second kappa shape index (κ2) is 9.83. The van der Waals surface area contributed by atoms with E-state index in [-0.39, 0.29) is 10.8 Å². The molecule has 0 aromatic carbocycles. The molecule has 3 nitrogen and oxygen atoms in total. The summed E-state index contributed by atoms with van der Waals surface area (Å²) in [6.07, 6.45) is 19.6. The summed E-state index contributed by atoms with van der Waals surface area (Å²) in [5.41, 5.74) is 4.98. The van der Waals surface area contributed by atoms with Crippen LogP contribution in [0.5, 0.6) is 0 Å². The highest BCUT2D eigenvalue weighted by Crippen LogP contribution is 2.76. The molecular formula is C39H64N2O. The van der Waals surface area contributed by atoms with Gasteiger partial charge >= 0.3 is 0 Å². The molecule has 7 rings (SSSR count). The number of hydrogen-bond acceptors (Lipinski definition) is 2. The number of allylic oxidation sites excluding steroid dienone is 1. The summed E-state index contributed by atoms with van der Waals surface area (Å²) in [6, 6.07) is 0. The first-order valence-corrected chi connectivity index (χ1v) is 18.5. The minimum Gasteiger partial charge on any atom is -0.354 e. The number of fused-ring (bicyclic) bond motifs is 6. The number of amides is 1. The fourth-order valence-corrected chi connectivity index (χ4v) is 13.5. The van der Waals surface area contributed by atoms with Crippen LogP contribution in [0.2, 0.25) is 0 Å². The van der Waals surface area contributed by atoms with Crippen LogP contribution in [-0.2, 0) is 4.79 Å². The zero-order valence-corrected chi connectivity index (χ0v) is 28.6. The summed E-state index contributed by atoms with van der Waals surface area (Å²) in [7, 11) is 0. The summed E-state index contributed by atoms with van der Waals surface area (Å²) in [5, 5.41) is 3.53. The van der Waals surface area contributed by atoms with Gasteiger partial charge in [0.05, 0.1) is 5.41 Å². The molecule has 0 aromatic heterocycles. The van der Waals surface area contributed by atoms with Gasteiger partial charge in [0.15, 0.2) is 0 Å². The second-order valence-electron chi connectivity index (χ2n) is 18.9. The van der Waals surface area contributed by atoms with Crippen LogP contribution in [0.25, 0.3) is 0 Å². The van der Waals surface area contributed by atoms with E-state index in [2.05, 4.69) is 58.7 Å². The molecule has 0 unspecified atom stereocenters. The molecule has 1 aliphatic heterocycles. The van der Waals surface area contributed by atoms with Gasteiger partial charge in [-0.2, -0.15) is 0 Å². The number of carbonyl (C=O) groups is 1. The van der Waals surface area contributed by atoms with Gasteiger partial charge in [-0.05, 0) is 160 Å². The topological polar surface area (TPSA) is 32.3 Å². The van der Waals surface area contributed by atoms with Gasteiger partial charge in [0.2, 0.25) is 5.91 Å². The molecule has 1 heterocycles. The summed E-state index contributed by atoms with van der Waals surface area (Å²) in [4.78, 5) is 16.9. The number of likely N-dealkylation sites (tertiary alicyclic amines) is 1.